The van der Waals surface area contributed by atoms with Gasteiger partial charge in [-0.15, -0.1) is 0 Å². The van der Waals surface area contributed by atoms with E-state index in [2.05, 4.69) is 9.71 Å². The Bertz CT molecular complexity index is 1330. The number of hydrogen-bond donors (Lipinski definition) is 1. The molecular weight excluding hydrogens is 524 g/mol. The number of pyridine rings is 1. The molecule has 0 bridgehead atoms. The average Bonchev–Trinajstić information content (AvgIpc) is 2.72. The molecule has 0 spiro atoms. The minimum absolute atomic E-state index is 0.0134. The fourth-order valence-electron chi connectivity index (χ4n) is 2.82. The number of carbonyl (C=O) groups is 1. The van der Waals surface area contributed by atoms with Crippen LogP contribution in [-0.2, 0) is 27.4 Å². The average molecular weight is 537 g/mol. The van der Waals surface area contributed by atoms with Crippen LogP contribution in [0.3, 0.4) is 0 Å². The van der Waals surface area contributed by atoms with Crippen molar-refractivity contribution in [2.24, 2.45) is 0 Å². The van der Waals surface area contributed by atoms with E-state index in [1.807, 2.05) is 0 Å². The number of ketones is 1. The largest absolute Gasteiger partial charge is 0.612 e. The van der Waals surface area contributed by atoms with Gasteiger partial charge in [0.1, 0.15) is 11.9 Å². The molecule has 0 amide bonds. The molecule has 1 N–H and O–H groups in total. The fraction of sp³-hybridized carbons (Fsp3) is 0.100. The van der Waals surface area contributed by atoms with Crippen molar-refractivity contribution in [1.29, 1.82) is 0 Å². The Morgan fingerprint density at radius 1 is 1.12 bits per heavy atom. The van der Waals surface area contributed by atoms with Gasteiger partial charge in [0, 0.05) is 6.20 Å². The van der Waals surface area contributed by atoms with E-state index in [1.165, 1.54) is 24.5 Å². The first-order valence-corrected chi connectivity index (χ1v) is 12.6. The molecule has 0 aliphatic rings. The lowest BCUT2D eigenvalue weighted by molar-refractivity contribution is -0.137. The van der Waals surface area contributed by atoms with Gasteiger partial charge in [0.25, 0.3) is 10.0 Å². The topological polar surface area (TPSA) is 99.2 Å². The second-order valence-electron chi connectivity index (χ2n) is 6.57. The standard InChI is InChI=1S/C20H13Cl2F3N2O4S2/c1-32(29)17-5-3-2-4-13(17)19(28)18-16(8-11(21)10-26-18)27-33(30,31)12-6-7-15(22)14(9-12)20(23,24)25/h2-10,27H,1H3. The molecule has 0 radical (unpaired) electrons. The summed E-state index contributed by atoms with van der Waals surface area (Å²) >= 11 is 9.92. The summed E-state index contributed by atoms with van der Waals surface area (Å²) in [6.45, 7) is 0. The summed E-state index contributed by atoms with van der Waals surface area (Å²) in [6, 6.07) is 9.10. The van der Waals surface area contributed by atoms with E-state index in [-0.39, 0.29) is 26.9 Å². The molecule has 33 heavy (non-hydrogen) atoms. The fourth-order valence-corrected chi connectivity index (χ4v) is 5.03. The van der Waals surface area contributed by atoms with E-state index in [1.54, 1.807) is 6.07 Å². The number of hydrogen-bond acceptors (Lipinski definition) is 5. The number of benzene rings is 2. The molecule has 0 aliphatic carbocycles. The molecule has 1 unspecified atom stereocenters. The van der Waals surface area contributed by atoms with Gasteiger partial charge < -0.3 is 4.55 Å². The number of aromatic nitrogens is 1. The van der Waals surface area contributed by atoms with Crippen LogP contribution in [0.5, 0.6) is 0 Å². The highest BCUT2D eigenvalue weighted by molar-refractivity contribution is 7.92. The molecule has 3 rings (SSSR count). The van der Waals surface area contributed by atoms with E-state index in [9.17, 15) is 30.9 Å². The van der Waals surface area contributed by atoms with Crippen molar-refractivity contribution in [1.82, 2.24) is 4.98 Å². The van der Waals surface area contributed by atoms with E-state index < -0.39 is 48.6 Å². The summed E-state index contributed by atoms with van der Waals surface area (Å²) in [6.07, 6.45) is -2.42. The summed E-state index contributed by atoms with van der Waals surface area (Å²) in [5.41, 5.74) is -2.08. The SMILES string of the molecule is C[S+]([O-])c1ccccc1C(=O)c1ncc(Cl)cc1NS(=O)(=O)c1ccc(Cl)c(C(F)(F)F)c1. The van der Waals surface area contributed by atoms with Crippen molar-refractivity contribution < 1.29 is 30.9 Å². The molecule has 13 heteroatoms. The number of nitrogens with one attached hydrogen (secondary N) is 1. The Morgan fingerprint density at radius 3 is 2.42 bits per heavy atom. The zero-order valence-electron chi connectivity index (χ0n) is 16.5. The number of nitrogens with zero attached hydrogens (tertiary/aromatic N) is 1. The maximum absolute atomic E-state index is 13.2. The van der Waals surface area contributed by atoms with Gasteiger partial charge in [-0.25, -0.2) is 13.4 Å². The molecule has 1 atom stereocenters. The van der Waals surface area contributed by atoms with Gasteiger partial charge in [0.2, 0.25) is 5.78 Å². The van der Waals surface area contributed by atoms with Gasteiger partial charge in [0.15, 0.2) is 4.90 Å². The molecule has 174 valence electrons. The summed E-state index contributed by atoms with van der Waals surface area (Å²) in [7, 11) is -4.61. The Kier molecular flexibility index (Phi) is 7.30. The second-order valence-corrected chi connectivity index (χ2v) is 10.4. The number of rotatable bonds is 6. The predicted octanol–water partition coefficient (Wildman–Crippen LogP) is 5.18. The minimum Gasteiger partial charge on any atom is -0.612 e. The summed E-state index contributed by atoms with van der Waals surface area (Å²) in [4.78, 5) is 16.5. The lowest BCUT2D eigenvalue weighted by atomic mass is 10.1. The molecule has 3 aromatic rings. The predicted molar refractivity (Wildman–Crippen MR) is 119 cm³/mol. The Hall–Kier alpha value is -2.31. The lowest BCUT2D eigenvalue weighted by Gasteiger charge is -2.15. The maximum Gasteiger partial charge on any atom is 0.417 e. The Labute approximate surface area is 200 Å². The monoisotopic (exact) mass is 536 g/mol. The number of sulfonamides is 1. The molecule has 1 heterocycles. The molecule has 2 aromatic carbocycles. The van der Waals surface area contributed by atoms with E-state index in [0.29, 0.717) is 6.07 Å². The number of anilines is 1. The Balaban J connectivity index is 2.08. The second kappa shape index (κ2) is 9.51. The highest BCUT2D eigenvalue weighted by Gasteiger charge is 2.35. The first kappa shape index (κ1) is 25.3. The van der Waals surface area contributed by atoms with Crippen LogP contribution in [-0.4, -0.2) is 30.0 Å². The highest BCUT2D eigenvalue weighted by atomic mass is 35.5. The van der Waals surface area contributed by atoms with Crippen molar-refractivity contribution >= 4 is 55.9 Å². The van der Waals surface area contributed by atoms with Crippen LogP contribution in [0.25, 0.3) is 0 Å². The molecule has 0 saturated carbocycles. The molecule has 6 nitrogen and oxygen atoms in total. The van der Waals surface area contributed by atoms with Crippen molar-refractivity contribution in [3.05, 3.63) is 81.6 Å². The summed E-state index contributed by atoms with van der Waals surface area (Å²) < 4.78 is 79.2. The zero-order chi connectivity index (χ0) is 24.6. The highest BCUT2D eigenvalue weighted by Crippen LogP contribution is 2.36. The van der Waals surface area contributed by atoms with E-state index >= 15 is 0 Å². The van der Waals surface area contributed by atoms with Gasteiger partial charge in [-0.3, -0.25) is 9.52 Å². The van der Waals surface area contributed by atoms with E-state index in [4.69, 9.17) is 23.2 Å². The van der Waals surface area contributed by atoms with Crippen molar-refractivity contribution in [2.45, 2.75) is 16.0 Å². The third kappa shape index (κ3) is 5.61. The van der Waals surface area contributed by atoms with Crippen LogP contribution in [0, 0.1) is 0 Å². The number of carbonyl (C=O) groups excluding carboxylic acids is 1. The molecular formula is C20H13Cl2F3N2O4S2. The van der Waals surface area contributed by atoms with Gasteiger partial charge in [-0.2, -0.15) is 13.2 Å². The van der Waals surface area contributed by atoms with Crippen molar-refractivity contribution in [2.75, 3.05) is 11.0 Å². The third-order valence-corrected chi connectivity index (χ3v) is 7.18. The van der Waals surface area contributed by atoms with Crippen molar-refractivity contribution in [3.63, 3.8) is 0 Å². The van der Waals surface area contributed by atoms with Gasteiger partial charge >= 0.3 is 6.18 Å². The Morgan fingerprint density at radius 2 is 1.79 bits per heavy atom. The summed E-state index contributed by atoms with van der Waals surface area (Å²) in [5, 5.41) is -0.713. The van der Waals surface area contributed by atoms with Crippen molar-refractivity contribution in [3.8, 4) is 0 Å². The molecule has 1 aromatic heterocycles. The molecule has 0 saturated heterocycles. The van der Waals surface area contributed by atoms with Crippen LogP contribution < -0.4 is 4.72 Å². The van der Waals surface area contributed by atoms with Crippen LogP contribution in [0.2, 0.25) is 10.0 Å². The minimum atomic E-state index is -4.89. The first-order valence-electron chi connectivity index (χ1n) is 8.83. The molecule has 0 aliphatic heterocycles. The normalized spacial score (nSPS) is 12.9. The number of halogens is 5. The lowest BCUT2D eigenvalue weighted by Crippen LogP contribution is -2.19. The van der Waals surface area contributed by atoms with Crippen LogP contribution in [0.4, 0.5) is 18.9 Å². The van der Waals surface area contributed by atoms with Crippen LogP contribution in [0.15, 0.2) is 64.5 Å². The molecule has 0 fully saturated rings. The zero-order valence-corrected chi connectivity index (χ0v) is 19.6. The van der Waals surface area contributed by atoms with Crippen LogP contribution in [0.1, 0.15) is 21.6 Å². The van der Waals surface area contributed by atoms with Crippen LogP contribution >= 0.6 is 23.2 Å². The summed E-state index contributed by atoms with van der Waals surface area (Å²) in [5.74, 6) is -0.762. The smallest absolute Gasteiger partial charge is 0.417 e. The van der Waals surface area contributed by atoms with Gasteiger partial charge in [-0.05, 0) is 47.6 Å². The van der Waals surface area contributed by atoms with Gasteiger partial charge in [0.05, 0.1) is 31.8 Å². The van der Waals surface area contributed by atoms with E-state index in [0.717, 1.165) is 24.4 Å². The third-order valence-electron chi connectivity index (χ3n) is 4.31. The number of alkyl halides is 3. The van der Waals surface area contributed by atoms with Gasteiger partial charge in [-0.1, -0.05) is 35.3 Å². The first-order chi connectivity index (χ1) is 15.3. The quantitative estimate of drug-likeness (QED) is 0.345. The maximum atomic E-state index is 13.2.